The van der Waals surface area contributed by atoms with Gasteiger partial charge in [-0.15, -0.1) is 0 Å². The van der Waals surface area contributed by atoms with E-state index in [0.29, 0.717) is 17.2 Å². The summed E-state index contributed by atoms with van der Waals surface area (Å²) in [6.07, 6.45) is -0.940. The van der Waals surface area contributed by atoms with Gasteiger partial charge in [-0.05, 0) is 49.7 Å². The van der Waals surface area contributed by atoms with Gasteiger partial charge in [0.05, 0.1) is 31.6 Å². The van der Waals surface area contributed by atoms with E-state index in [4.69, 9.17) is 14.3 Å². The van der Waals surface area contributed by atoms with Gasteiger partial charge >= 0.3 is 0 Å². The zero-order valence-corrected chi connectivity index (χ0v) is 19.5. The average molecular weight is 459 g/mol. The molecule has 2 fully saturated rings. The van der Waals surface area contributed by atoms with Crippen LogP contribution in [-0.4, -0.2) is 32.1 Å². The molecule has 0 saturated carbocycles. The van der Waals surface area contributed by atoms with Crippen molar-refractivity contribution in [2.24, 2.45) is 5.92 Å². The molecule has 0 bridgehead atoms. The molecule has 5 rings (SSSR count). The molecular weight excluding hydrogens is 432 g/mol. The maximum absolute atomic E-state index is 13.8. The van der Waals surface area contributed by atoms with Crippen molar-refractivity contribution in [1.29, 1.82) is 0 Å². The van der Waals surface area contributed by atoms with Gasteiger partial charge < -0.3 is 9.47 Å². The van der Waals surface area contributed by atoms with Crippen LogP contribution in [0.3, 0.4) is 0 Å². The number of nitrogens with zero attached hydrogens (tertiary/aromatic N) is 2. The number of anilines is 2. The Hall–Kier alpha value is -3.84. The minimum Gasteiger partial charge on any atom is -0.497 e. The van der Waals surface area contributed by atoms with Gasteiger partial charge in [0.15, 0.2) is 6.10 Å². The fraction of sp³-hybridized carbons (Fsp3) is 0.259. The quantitative estimate of drug-likeness (QED) is 0.529. The Labute approximate surface area is 198 Å². The molecule has 34 heavy (non-hydrogen) atoms. The Bertz CT molecular complexity index is 1260. The minimum atomic E-state index is -0.940. The van der Waals surface area contributed by atoms with Crippen LogP contribution in [0.15, 0.2) is 66.7 Å². The van der Waals surface area contributed by atoms with Crippen LogP contribution in [0, 0.1) is 19.8 Å². The molecule has 0 N–H and O–H groups in total. The highest BCUT2D eigenvalue weighted by Crippen LogP contribution is 2.50. The normalized spacial score (nSPS) is 21.7. The van der Waals surface area contributed by atoms with E-state index in [1.807, 2.05) is 62.4 Å². The van der Waals surface area contributed by atoms with Gasteiger partial charge in [0.2, 0.25) is 5.91 Å². The molecule has 0 spiro atoms. The van der Waals surface area contributed by atoms with Crippen LogP contribution in [0.2, 0.25) is 0 Å². The van der Waals surface area contributed by atoms with Crippen LogP contribution in [0.1, 0.15) is 22.7 Å². The summed E-state index contributed by atoms with van der Waals surface area (Å²) in [6.45, 7) is 3.93. The summed E-state index contributed by atoms with van der Waals surface area (Å²) in [5, 5.41) is 1.69. The van der Waals surface area contributed by atoms with Crippen LogP contribution in [0.5, 0.6) is 11.5 Å². The number of fused-ring (bicyclic) bond motifs is 1. The van der Waals surface area contributed by atoms with Gasteiger partial charge in [-0.3, -0.25) is 14.4 Å². The largest absolute Gasteiger partial charge is 0.497 e. The predicted octanol–water partition coefficient (Wildman–Crippen LogP) is 4.37. The van der Waals surface area contributed by atoms with Gasteiger partial charge in [0.25, 0.3) is 5.91 Å². The molecule has 0 aromatic heterocycles. The van der Waals surface area contributed by atoms with E-state index in [9.17, 15) is 9.59 Å². The van der Waals surface area contributed by atoms with Crippen molar-refractivity contribution in [2.45, 2.75) is 26.0 Å². The highest BCUT2D eigenvalue weighted by Gasteiger charge is 2.60. The number of hydroxylamine groups is 1. The monoisotopic (exact) mass is 458 g/mol. The molecule has 2 saturated heterocycles. The van der Waals surface area contributed by atoms with Crippen molar-refractivity contribution in [2.75, 3.05) is 24.2 Å². The average Bonchev–Trinajstić information content (AvgIpc) is 3.35. The first-order valence-electron chi connectivity index (χ1n) is 11.1. The van der Waals surface area contributed by atoms with Crippen molar-refractivity contribution in [3.05, 3.63) is 83.4 Å². The molecule has 7 heteroatoms. The molecule has 2 heterocycles. The van der Waals surface area contributed by atoms with Crippen LogP contribution >= 0.6 is 0 Å². The molecule has 2 amide bonds. The Morgan fingerprint density at radius 1 is 0.853 bits per heavy atom. The summed E-state index contributed by atoms with van der Waals surface area (Å²) < 4.78 is 11.0. The first-order chi connectivity index (χ1) is 16.4. The lowest BCUT2D eigenvalue weighted by Gasteiger charge is -2.30. The molecule has 3 atom stereocenters. The Morgan fingerprint density at radius 2 is 1.59 bits per heavy atom. The third kappa shape index (κ3) is 3.40. The second-order valence-electron chi connectivity index (χ2n) is 8.56. The van der Waals surface area contributed by atoms with E-state index >= 15 is 0 Å². The number of hydrogen-bond donors (Lipinski definition) is 0. The summed E-state index contributed by atoms with van der Waals surface area (Å²) in [6, 6.07) is 20.0. The summed E-state index contributed by atoms with van der Waals surface area (Å²) in [5.74, 6) is -0.212. The Morgan fingerprint density at radius 3 is 2.26 bits per heavy atom. The molecule has 0 aliphatic carbocycles. The first-order valence-corrected chi connectivity index (χ1v) is 11.1. The van der Waals surface area contributed by atoms with Gasteiger partial charge in [0, 0.05) is 11.6 Å². The molecule has 7 nitrogen and oxygen atoms in total. The third-order valence-corrected chi connectivity index (χ3v) is 6.52. The topological polar surface area (TPSA) is 68.3 Å². The molecule has 0 radical (unpaired) electrons. The number of amides is 2. The first kappa shape index (κ1) is 22.0. The Kier molecular flexibility index (Phi) is 5.49. The fourth-order valence-corrected chi connectivity index (χ4v) is 4.76. The SMILES string of the molecule is COc1ccc([C@H]2[C@@H]3C(=O)N(c4ccc(C)cc4)C(=O)[C@H]3ON2c2ccccc2C)c(OC)c1. The van der Waals surface area contributed by atoms with Crippen molar-refractivity contribution < 1.29 is 23.9 Å². The molecule has 174 valence electrons. The number of carbonyl (C=O) groups is 2. The second-order valence-corrected chi connectivity index (χ2v) is 8.56. The van der Waals surface area contributed by atoms with E-state index < -0.39 is 18.1 Å². The molecule has 3 aromatic carbocycles. The number of ether oxygens (including phenoxy) is 2. The van der Waals surface area contributed by atoms with E-state index in [2.05, 4.69) is 0 Å². The minimum absolute atomic E-state index is 0.294. The van der Waals surface area contributed by atoms with Crippen molar-refractivity contribution in [1.82, 2.24) is 0 Å². The van der Waals surface area contributed by atoms with E-state index in [1.165, 1.54) is 4.90 Å². The molecule has 0 unspecified atom stereocenters. The molecule has 2 aliphatic heterocycles. The Balaban J connectivity index is 1.64. The van der Waals surface area contributed by atoms with E-state index in [0.717, 1.165) is 22.4 Å². The van der Waals surface area contributed by atoms with Crippen LogP contribution < -0.4 is 19.4 Å². The number of carbonyl (C=O) groups excluding carboxylic acids is 2. The molecule has 3 aromatic rings. The number of benzene rings is 3. The summed E-state index contributed by atoms with van der Waals surface area (Å²) >= 11 is 0. The number of rotatable bonds is 5. The lowest BCUT2D eigenvalue weighted by molar-refractivity contribution is -0.126. The van der Waals surface area contributed by atoms with Gasteiger partial charge in [-0.1, -0.05) is 35.9 Å². The maximum Gasteiger partial charge on any atom is 0.266 e. The van der Waals surface area contributed by atoms with Crippen molar-refractivity contribution in [3.63, 3.8) is 0 Å². The maximum atomic E-state index is 13.8. The van der Waals surface area contributed by atoms with Crippen LogP contribution in [0.4, 0.5) is 11.4 Å². The zero-order chi connectivity index (χ0) is 24.0. The lowest BCUT2D eigenvalue weighted by Crippen LogP contribution is -2.37. The number of methoxy groups -OCH3 is 2. The zero-order valence-electron chi connectivity index (χ0n) is 19.5. The number of para-hydroxylation sites is 1. The van der Waals surface area contributed by atoms with Crippen molar-refractivity contribution >= 4 is 23.2 Å². The number of hydrogen-bond acceptors (Lipinski definition) is 6. The summed E-state index contributed by atoms with van der Waals surface area (Å²) in [5.41, 5.74) is 4.09. The smallest absolute Gasteiger partial charge is 0.266 e. The van der Waals surface area contributed by atoms with Crippen LogP contribution in [-0.2, 0) is 14.4 Å². The van der Waals surface area contributed by atoms with Gasteiger partial charge in [0.1, 0.15) is 17.4 Å². The second kappa shape index (κ2) is 8.50. The highest BCUT2D eigenvalue weighted by atomic mass is 16.7. The van der Waals surface area contributed by atoms with E-state index in [1.54, 1.807) is 37.5 Å². The number of aryl methyl sites for hydroxylation is 2. The standard InChI is InChI=1S/C27H26N2O5/c1-16-9-11-18(12-10-16)28-26(30)23-24(20-14-13-19(32-3)15-22(20)33-4)29(34-25(23)27(28)31)21-8-6-5-7-17(21)2/h5-15,23-25H,1-4H3/t23-,24-,25-/m0/s1. The summed E-state index contributed by atoms with van der Waals surface area (Å²) in [4.78, 5) is 34.8. The number of imide groups is 1. The van der Waals surface area contributed by atoms with Gasteiger partial charge in [-0.25, -0.2) is 9.96 Å². The predicted molar refractivity (Wildman–Crippen MR) is 128 cm³/mol. The summed E-state index contributed by atoms with van der Waals surface area (Å²) in [7, 11) is 3.16. The fourth-order valence-electron chi connectivity index (χ4n) is 4.76. The highest BCUT2D eigenvalue weighted by molar-refractivity contribution is 6.24. The van der Waals surface area contributed by atoms with E-state index in [-0.39, 0.29) is 11.8 Å². The molecule has 2 aliphatic rings. The van der Waals surface area contributed by atoms with Crippen molar-refractivity contribution in [3.8, 4) is 11.5 Å². The third-order valence-electron chi connectivity index (χ3n) is 6.52. The molecular formula is C27H26N2O5. The van der Waals surface area contributed by atoms with Gasteiger partial charge in [-0.2, -0.15) is 0 Å². The lowest BCUT2D eigenvalue weighted by atomic mass is 9.89. The van der Waals surface area contributed by atoms with Crippen LogP contribution in [0.25, 0.3) is 0 Å².